The van der Waals surface area contributed by atoms with E-state index in [4.69, 9.17) is 11.6 Å². The molecule has 3 aromatic heterocycles. The summed E-state index contributed by atoms with van der Waals surface area (Å²) in [5.74, 6) is -0.193. The zero-order chi connectivity index (χ0) is 17.1. The molecule has 0 unspecified atom stereocenters. The van der Waals surface area contributed by atoms with Crippen molar-refractivity contribution in [3.8, 4) is 0 Å². The molecule has 6 nitrogen and oxygen atoms in total. The second-order valence-corrected chi connectivity index (χ2v) is 6.02. The Balaban J connectivity index is 1.94. The molecule has 0 aliphatic heterocycles. The van der Waals surface area contributed by atoms with E-state index < -0.39 is 0 Å². The van der Waals surface area contributed by atoms with Gasteiger partial charge in [0.1, 0.15) is 5.02 Å². The topological polar surface area (TPSA) is 63.4 Å². The zero-order valence-corrected chi connectivity index (χ0v) is 14.4. The molecule has 0 aromatic carbocycles. The number of carbonyl (C=O) groups excluding carboxylic acids is 1. The van der Waals surface area contributed by atoms with Gasteiger partial charge in [0.05, 0.1) is 0 Å². The summed E-state index contributed by atoms with van der Waals surface area (Å²) in [6.07, 6.45) is 7.79. The van der Waals surface area contributed by atoms with E-state index in [2.05, 4.69) is 15.1 Å². The molecule has 24 heavy (non-hydrogen) atoms. The molecule has 0 fully saturated rings. The molecule has 0 bridgehead atoms. The Morgan fingerprint density at radius 2 is 2.08 bits per heavy atom. The summed E-state index contributed by atoms with van der Waals surface area (Å²) in [7, 11) is 0. The van der Waals surface area contributed by atoms with Gasteiger partial charge in [-0.2, -0.15) is 5.10 Å². The van der Waals surface area contributed by atoms with Crippen LogP contribution in [-0.4, -0.2) is 36.9 Å². The second kappa shape index (κ2) is 6.97. The van der Waals surface area contributed by atoms with E-state index in [0.29, 0.717) is 18.7 Å². The van der Waals surface area contributed by atoms with E-state index in [9.17, 15) is 4.79 Å². The molecule has 3 rings (SSSR count). The quantitative estimate of drug-likeness (QED) is 0.714. The van der Waals surface area contributed by atoms with E-state index in [-0.39, 0.29) is 16.6 Å². The monoisotopic (exact) mass is 343 g/mol. The SMILES string of the molecule is CCCN(Cc1ccncc1)C(=O)c1nn2cc(C)cnc2c1Cl. The summed E-state index contributed by atoms with van der Waals surface area (Å²) >= 11 is 6.35. The lowest BCUT2D eigenvalue weighted by atomic mass is 10.2. The van der Waals surface area contributed by atoms with Gasteiger partial charge in [-0.1, -0.05) is 18.5 Å². The van der Waals surface area contributed by atoms with Gasteiger partial charge in [-0.25, -0.2) is 9.50 Å². The Kier molecular flexibility index (Phi) is 4.76. The Bertz CT molecular complexity index is 862. The molecule has 0 saturated carbocycles. The van der Waals surface area contributed by atoms with Crippen LogP contribution in [-0.2, 0) is 6.54 Å². The normalized spacial score (nSPS) is 11.0. The second-order valence-electron chi connectivity index (χ2n) is 5.64. The van der Waals surface area contributed by atoms with Gasteiger partial charge in [0, 0.05) is 37.9 Å². The molecule has 0 aliphatic rings. The van der Waals surface area contributed by atoms with Crippen molar-refractivity contribution < 1.29 is 4.79 Å². The van der Waals surface area contributed by atoms with Gasteiger partial charge in [-0.05, 0) is 36.6 Å². The Hall–Kier alpha value is -2.47. The average molecular weight is 344 g/mol. The van der Waals surface area contributed by atoms with E-state index in [1.165, 1.54) is 0 Å². The minimum Gasteiger partial charge on any atom is -0.333 e. The van der Waals surface area contributed by atoms with Crippen LogP contribution >= 0.6 is 11.6 Å². The molecular weight excluding hydrogens is 326 g/mol. The first kappa shape index (κ1) is 16.4. The number of carbonyl (C=O) groups is 1. The first-order valence-electron chi connectivity index (χ1n) is 7.78. The lowest BCUT2D eigenvalue weighted by Crippen LogP contribution is -2.31. The number of pyridine rings is 1. The highest BCUT2D eigenvalue weighted by Gasteiger charge is 2.24. The number of aromatic nitrogens is 4. The maximum absolute atomic E-state index is 12.9. The number of amides is 1. The smallest absolute Gasteiger partial charge is 0.276 e. The van der Waals surface area contributed by atoms with E-state index in [0.717, 1.165) is 17.5 Å². The molecular formula is C17H18ClN5O. The Morgan fingerprint density at radius 1 is 1.33 bits per heavy atom. The summed E-state index contributed by atoms with van der Waals surface area (Å²) in [4.78, 5) is 22.9. The molecule has 3 heterocycles. The number of aryl methyl sites for hydroxylation is 1. The molecule has 0 atom stereocenters. The highest BCUT2D eigenvalue weighted by molar-refractivity contribution is 6.36. The zero-order valence-electron chi connectivity index (χ0n) is 13.6. The third-order valence-corrected chi connectivity index (χ3v) is 4.00. The number of nitrogens with zero attached hydrogens (tertiary/aromatic N) is 5. The molecule has 0 N–H and O–H groups in total. The van der Waals surface area contributed by atoms with Gasteiger partial charge < -0.3 is 4.90 Å². The molecule has 0 radical (unpaired) electrons. The van der Waals surface area contributed by atoms with Crippen molar-refractivity contribution in [1.29, 1.82) is 0 Å². The van der Waals surface area contributed by atoms with Crippen molar-refractivity contribution in [2.75, 3.05) is 6.54 Å². The molecule has 124 valence electrons. The fourth-order valence-electron chi connectivity index (χ4n) is 2.52. The van der Waals surface area contributed by atoms with Crippen LogP contribution < -0.4 is 0 Å². The fraction of sp³-hybridized carbons (Fsp3) is 0.294. The minimum atomic E-state index is -0.193. The van der Waals surface area contributed by atoms with Gasteiger partial charge in [0.2, 0.25) is 0 Å². The van der Waals surface area contributed by atoms with Crippen molar-refractivity contribution in [3.63, 3.8) is 0 Å². The minimum absolute atomic E-state index is 0.193. The van der Waals surface area contributed by atoms with Crippen LogP contribution in [0.15, 0.2) is 36.9 Å². The fourth-order valence-corrected chi connectivity index (χ4v) is 2.77. The van der Waals surface area contributed by atoms with Crippen LogP contribution in [0.5, 0.6) is 0 Å². The van der Waals surface area contributed by atoms with Gasteiger partial charge in [-0.15, -0.1) is 0 Å². The van der Waals surface area contributed by atoms with Crippen LogP contribution in [0.2, 0.25) is 5.02 Å². The summed E-state index contributed by atoms with van der Waals surface area (Å²) < 4.78 is 1.56. The first-order chi connectivity index (χ1) is 11.6. The molecule has 0 saturated heterocycles. The lowest BCUT2D eigenvalue weighted by molar-refractivity contribution is 0.0737. The van der Waals surface area contributed by atoms with Crippen molar-refractivity contribution >= 4 is 23.2 Å². The third-order valence-electron chi connectivity index (χ3n) is 3.65. The summed E-state index contributed by atoms with van der Waals surface area (Å²) in [6.45, 7) is 5.06. The molecule has 1 amide bonds. The highest BCUT2D eigenvalue weighted by atomic mass is 35.5. The summed E-state index contributed by atoms with van der Waals surface area (Å²) in [5.41, 5.74) is 2.69. The number of hydrogen-bond acceptors (Lipinski definition) is 4. The molecule has 0 aliphatic carbocycles. The average Bonchev–Trinajstić information content (AvgIpc) is 2.91. The summed E-state index contributed by atoms with van der Waals surface area (Å²) in [5, 5.41) is 4.62. The number of halogens is 1. The maximum Gasteiger partial charge on any atom is 0.276 e. The largest absolute Gasteiger partial charge is 0.333 e. The molecule has 3 aromatic rings. The maximum atomic E-state index is 12.9. The predicted octanol–water partition coefficient (Wildman–Crippen LogP) is 3.14. The highest BCUT2D eigenvalue weighted by Crippen LogP contribution is 2.22. The standard InChI is InChI=1S/C17H18ClN5O/c1-3-8-22(11-13-4-6-19-7-5-13)17(24)15-14(18)16-20-9-12(2)10-23(16)21-15/h4-7,9-10H,3,8,11H2,1-2H3. The third kappa shape index (κ3) is 3.23. The van der Waals surface area contributed by atoms with E-state index in [1.54, 1.807) is 34.2 Å². The number of hydrogen-bond donors (Lipinski definition) is 0. The van der Waals surface area contributed by atoms with Crippen LogP contribution in [0.4, 0.5) is 0 Å². The van der Waals surface area contributed by atoms with Crippen LogP contribution in [0.1, 0.15) is 35.0 Å². The summed E-state index contributed by atoms with van der Waals surface area (Å²) in [6, 6.07) is 3.79. The first-order valence-corrected chi connectivity index (χ1v) is 8.16. The van der Waals surface area contributed by atoms with Gasteiger partial charge in [-0.3, -0.25) is 9.78 Å². The lowest BCUT2D eigenvalue weighted by Gasteiger charge is -2.21. The van der Waals surface area contributed by atoms with Gasteiger partial charge in [0.15, 0.2) is 11.3 Å². The van der Waals surface area contributed by atoms with E-state index in [1.807, 2.05) is 26.0 Å². The van der Waals surface area contributed by atoms with Crippen molar-refractivity contribution in [3.05, 3.63) is 58.8 Å². The van der Waals surface area contributed by atoms with Crippen molar-refractivity contribution in [1.82, 2.24) is 24.5 Å². The number of rotatable bonds is 5. The molecule has 0 spiro atoms. The Labute approximate surface area is 145 Å². The predicted molar refractivity (Wildman–Crippen MR) is 92.0 cm³/mol. The Morgan fingerprint density at radius 3 is 2.79 bits per heavy atom. The van der Waals surface area contributed by atoms with Gasteiger partial charge in [0.25, 0.3) is 5.91 Å². The number of fused-ring (bicyclic) bond motifs is 1. The van der Waals surface area contributed by atoms with Crippen molar-refractivity contribution in [2.24, 2.45) is 0 Å². The molecule has 7 heteroatoms. The van der Waals surface area contributed by atoms with Crippen LogP contribution in [0, 0.1) is 6.92 Å². The van der Waals surface area contributed by atoms with E-state index >= 15 is 0 Å². The van der Waals surface area contributed by atoms with Gasteiger partial charge >= 0.3 is 0 Å². The van der Waals surface area contributed by atoms with Crippen LogP contribution in [0.3, 0.4) is 0 Å². The van der Waals surface area contributed by atoms with Crippen molar-refractivity contribution in [2.45, 2.75) is 26.8 Å². The van der Waals surface area contributed by atoms with Crippen LogP contribution in [0.25, 0.3) is 5.65 Å².